The molecule has 1 saturated heterocycles. The molecular formula is C26H26FNO6. The molecule has 1 fully saturated rings. The number of halogens is 1. The zero-order valence-corrected chi connectivity index (χ0v) is 18.6. The molecule has 0 aliphatic carbocycles. The molecule has 4 rings (SSSR count). The number of aliphatic carboxylic acids is 1. The van der Waals surface area contributed by atoms with Gasteiger partial charge in [0.2, 0.25) is 5.79 Å². The van der Waals surface area contributed by atoms with E-state index in [1.165, 1.54) is 35.0 Å². The van der Waals surface area contributed by atoms with Gasteiger partial charge in [-0.15, -0.1) is 0 Å². The highest BCUT2D eigenvalue weighted by Gasteiger charge is 2.46. The first-order valence-corrected chi connectivity index (χ1v) is 11.1. The van der Waals surface area contributed by atoms with Crippen LogP contribution in [0.15, 0.2) is 77.7 Å². The summed E-state index contributed by atoms with van der Waals surface area (Å²) in [4.78, 5) is 23.3. The fourth-order valence-electron chi connectivity index (χ4n) is 4.07. The van der Waals surface area contributed by atoms with Crippen LogP contribution in [0.4, 0.5) is 4.39 Å². The Kier molecular flexibility index (Phi) is 7.52. The lowest BCUT2D eigenvalue weighted by Gasteiger charge is -2.43. The maximum Gasteiger partial charge on any atom is 0.323 e. The van der Waals surface area contributed by atoms with E-state index in [-0.39, 0.29) is 18.6 Å². The van der Waals surface area contributed by atoms with Gasteiger partial charge in [-0.25, -0.2) is 4.39 Å². The Hall–Kier alpha value is -3.33. The molecule has 8 heteroatoms. The van der Waals surface area contributed by atoms with Crippen molar-refractivity contribution >= 4 is 5.97 Å². The van der Waals surface area contributed by atoms with Crippen molar-refractivity contribution in [1.29, 1.82) is 0 Å². The van der Waals surface area contributed by atoms with Crippen molar-refractivity contribution in [3.05, 3.63) is 106 Å². The Labute approximate surface area is 196 Å². The number of carboxylic acids is 1. The predicted octanol–water partition coefficient (Wildman–Crippen LogP) is 3.84. The highest BCUT2D eigenvalue weighted by atomic mass is 19.1. The number of hydrogen-bond acceptors (Lipinski definition) is 5. The monoisotopic (exact) mass is 467 g/mol. The highest BCUT2D eigenvalue weighted by molar-refractivity contribution is 5.66. The van der Waals surface area contributed by atoms with Crippen LogP contribution in [0, 0.1) is 5.82 Å². The molecule has 2 aromatic carbocycles. The van der Waals surface area contributed by atoms with Crippen LogP contribution in [-0.4, -0.2) is 28.4 Å². The quantitative estimate of drug-likeness (QED) is 0.515. The maximum absolute atomic E-state index is 13.7. The van der Waals surface area contributed by atoms with Gasteiger partial charge < -0.3 is 23.9 Å². The zero-order chi connectivity index (χ0) is 24.0. The average molecular weight is 467 g/mol. The first-order chi connectivity index (χ1) is 16.5. The second kappa shape index (κ2) is 10.7. The van der Waals surface area contributed by atoms with Gasteiger partial charge in [-0.3, -0.25) is 9.59 Å². The van der Waals surface area contributed by atoms with Crippen LogP contribution in [0.5, 0.6) is 0 Å². The minimum Gasteiger partial charge on any atom is -0.480 e. The molecule has 0 radical (unpaired) electrons. The van der Waals surface area contributed by atoms with E-state index in [9.17, 15) is 19.1 Å². The van der Waals surface area contributed by atoms with E-state index in [0.717, 1.165) is 12.0 Å². The standard InChI is InChI=1S/C26H26FNO6/c27-21-10-8-20(9-11-21)26(34-18-22-15-23(29)12-13-28(22)16-25(30)31)24(7-4-14-33-26)32-17-19-5-2-1-3-6-19/h1-3,5-6,8-13,15,24H,4,7,14,16-18H2,(H,30,31). The number of ether oxygens (including phenoxy) is 3. The Morgan fingerprint density at radius 3 is 2.62 bits per heavy atom. The van der Waals surface area contributed by atoms with E-state index in [2.05, 4.69) is 0 Å². The lowest BCUT2D eigenvalue weighted by molar-refractivity contribution is -0.326. The van der Waals surface area contributed by atoms with E-state index in [1.54, 1.807) is 12.1 Å². The van der Waals surface area contributed by atoms with Crippen LogP contribution in [0.1, 0.15) is 29.7 Å². The van der Waals surface area contributed by atoms with Crippen LogP contribution in [0.2, 0.25) is 0 Å². The Bertz CT molecular complexity index is 1160. The van der Waals surface area contributed by atoms with Crippen molar-refractivity contribution in [3.63, 3.8) is 0 Å². The van der Waals surface area contributed by atoms with Crippen LogP contribution < -0.4 is 5.43 Å². The first-order valence-electron chi connectivity index (χ1n) is 11.1. The van der Waals surface area contributed by atoms with Crippen molar-refractivity contribution in [3.8, 4) is 0 Å². The number of benzene rings is 2. The van der Waals surface area contributed by atoms with Crippen LogP contribution in [-0.2, 0) is 44.6 Å². The molecule has 1 N–H and O–H groups in total. The third-order valence-corrected chi connectivity index (χ3v) is 5.73. The third kappa shape index (κ3) is 5.59. The molecule has 0 saturated carbocycles. The second-order valence-electron chi connectivity index (χ2n) is 8.11. The number of carbonyl (C=O) groups is 1. The summed E-state index contributed by atoms with van der Waals surface area (Å²) in [6.07, 6.45) is 2.29. The summed E-state index contributed by atoms with van der Waals surface area (Å²) in [5, 5.41) is 9.23. The molecule has 178 valence electrons. The molecule has 0 amide bonds. The minimum atomic E-state index is -1.36. The summed E-state index contributed by atoms with van der Waals surface area (Å²) in [5.74, 6) is -2.80. The van der Waals surface area contributed by atoms with Gasteiger partial charge >= 0.3 is 5.97 Å². The smallest absolute Gasteiger partial charge is 0.323 e. The number of hydrogen-bond donors (Lipinski definition) is 1. The number of aromatic nitrogens is 1. The van der Waals surface area contributed by atoms with Crippen molar-refractivity contribution in [2.75, 3.05) is 6.61 Å². The van der Waals surface area contributed by atoms with E-state index in [1.807, 2.05) is 30.3 Å². The van der Waals surface area contributed by atoms with Gasteiger partial charge in [0.15, 0.2) is 5.43 Å². The molecule has 1 aliphatic rings. The van der Waals surface area contributed by atoms with Crippen molar-refractivity contribution in [2.24, 2.45) is 0 Å². The van der Waals surface area contributed by atoms with Crippen LogP contribution in [0.3, 0.4) is 0 Å². The topological polar surface area (TPSA) is 87.0 Å². The molecule has 0 bridgehead atoms. The number of nitrogens with zero attached hydrogens (tertiary/aromatic N) is 1. The average Bonchev–Trinajstić information content (AvgIpc) is 2.84. The Balaban J connectivity index is 1.66. The van der Waals surface area contributed by atoms with E-state index >= 15 is 0 Å². The number of pyridine rings is 1. The van der Waals surface area contributed by atoms with Crippen molar-refractivity contribution in [2.45, 2.75) is 44.5 Å². The second-order valence-corrected chi connectivity index (χ2v) is 8.11. The van der Waals surface area contributed by atoms with Crippen molar-refractivity contribution in [1.82, 2.24) is 4.57 Å². The van der Waals surface area contributed by atoms with Crippen LogP contribution >= 0.6 is 0 Å². The summed E-state index contributed by atoms with van der Waals surface area (Å²) in [5.41, 5.74) is 1.68. The fraction of sp³-hybridized carbons (Fsp3) is 0.308. The molecule has 1 aromatic heterocycles. The largest absolute Gasteiger partial charge is 0.480 e. The SMILES string of the molecule is O=C(O)Cn1ccc(=O)cc1COC1(c2ccc(F)cc2)OCCCC1OCc1ccccc1. The Morgan fingerprint density at radius 1 is 1.12 bits per heavy atom. The summed E-state index contributed by atoms with van der Waals surface area (Å²) >= 11 is 0. The van der Waals surface area contributed by atoms with Gasteiger partial charge in [0.25, 0.3) is 0 Å². The lowest BCUT2D eigenvalue weighted by Crippen LogP contribution is -2.49. The zero-order valence-electron chi connectivity index (χ0n) is 18.6. The normalized spacial score (nSPS) is 20.2. The molecule has 2 unspecified atom stereocenters. The third-order valence-electron chi connectivity index (χ3n) is 5.73. The fourth-order valence-corrected chi connectivity index (χ4v) is 4.07. The lowest BCUT2D eigenvalue weighted by atomic mass is 9.93. The maximum atomic E-state index is 13.7. The molecule has 2 atom stereocenters. The Morgan fingerprint density at radius 2 is 1.88 bits per heavy atom. The molecule has 7 nitrogen and oxygen atoms in total. The van der Waals surface area contributed by atoms with Gasteiger partial charge in [-0.05, 0) is 30.5 Å². The van der Waals surface area contributed by atoms with Crippen molar-refractivity contribution < 1.29 is 28.5 Å². The molecular weight excluding hydrogens is 441 g/mol. The van der Waals surface area contributed by atoms with Gasteiger partial charge in [0.05, 0.1) is 19.8 Å². The van der Waals surface area contributed by atoms with Gasteiger partial charge in [-0.2, -0.15) is 0 Å². The highest BCUT2D eigenvalue weighted by Crippen LogP contribution is 2.40. The van der Waals surface area contributed by atoms with E-state index < -0.39 is 23.7 Å². The molecule has 2 heterocycles. The van der Waals surface area contributed by atoms with E-state index in [0.29, 0.717) is 30.9 Å². The summed E-state index contributed by atoms with van der Waals surface area (Å²) in [6, 6.07) is 18.2. The molecule has 0 spiro atoms. The van der Waals surface area contributed by atoms with Gasteiger partial charge in [0, 0.05) is 29.6 Å². The summed E-state index contributed by atoms with van der Waals surface area (Å²) in [6.45, 7) is 0.304. The first kappa shape index (κ1) is 23.8. The number of carboxylic acid groups (broad SMARTS) is 1. The van der Waals surface area contributed by atoms with E-state index in [4.69, 9.17) is 14.2 Å². The number of rotatable bonds is 9. The molecule has 3 aromatic rings. The summed E-state index contributed by atoms with van der Waals surface area (Å²) < 4.78 is 33.9. The van der Waals surface area contributed by atoms with Gasteiger partial charge in [0.1, 0.15) is 18.5 Å². The molecule has 34 heavy (non-hydrogen) atoms. The molecule has 1 aliphatic heterocycles. The minimum absolute atomic E-state index is 0.105. The predicted molar refractivity (Wildman–Crippen MR) is 121 cm³/mol. The van der Waals surface area contributed by atoms with Gasteiger partial charge in [-0.1, -0.05) is 42.5 Å². The van der Waals surface area contributed by atoms with Crippen LogP contribution in [0.25, 0.3) is 0 Å². The summed E-state index contributed by atoms with van der Waals surface area (Å²) in [7, 11) is 0.